The molecule has 2 N–H and O–H groups in total. The van der Waals surface area contributed by atoms with Crippen molar-refractivity contribution in [2.75, 3.05) is 24.7 Å². The van der Waals surface area contributed by atoms with Crippen molar-refractivity contribution in [3.8, 4) is 11.3 Å². The first kappa shape index (κ1) is 27.2. The van der Waals surface area contributed by atoms with Gasteiger partial charge in [0.1, 0.15) is 0 Å². The van der Waals surface area contributed by atoms with Crippen LogP contribution < -0.4 is 15.7 Å². The average molecular weight is 587 g/mol. The molecule has 42 heavy (non-hydrogen) atoms. The second-order valence-corrected chi connectivity index (χ2v) is 12.1. The fourth-order valence-electron chi connectivity index (χ4n) is 6.53. The molecule has 2 aromatic heterocycles. The molecular formula is C32H35ClN6O3. The van der Waals surface area contributed by atoms with Crippen LogP contribution in [0.1, 0.15) is 56.1 Å². The molecule has 4 aromatic rings. The average Bonchev–Trinajstić information content (AvgIpc) is 3.62. The number of halogens is 1. The van der Waals surface area contributed by atoms with Gasteiger partial charge >= 0.3 is 6.09 Å². The highest BCUT2D eigenvalue weighted by molar-refractivity contribution is 6.30. The van der Waals surface area contributed by atoms with Gasteiger partial charge in [-0.1, -0.05) is 73.8 Å². The van der Waals surface area contributed by atoms with Crippen molar-refractivity contribution in [1.82, 2.24) is 25.3 Å². The molecule has 218 valence electrons. The van der Waals surface area contributed by atoms with Crippen molar-refractivity contribution in [2.24, 2.45) is 11.8 Å². The zero-order valence-electron chi connectivity index (χ0n) is 23.6. The topological polar surface area (TPSA) is 93.5 Å². The molecule has 0 spiro atoms. The zero-order chi connectivity index (χ0) is 28.6. The van der Waals surface area contributed by atoms with Gasteiger partial charge < -0.3 is 19.0 Å². The smallest absolute Gasteiger partial charge is 0.377 e. The number of hydrogen-bond donors (Lipinski definition) is 2. The Hall–Kier alpha value is -3.66. The van der Waals surface area contributed by atoms with E-state index in [1.54, 1.807) is 0 Å². The molecule has 1 amide bonds. The Bertz CT molecular complexity index is 1590. The third kappa shape index (κ3) is 5.32. The number of amides is 1. The molecule has 3 fully saturated rings. The number of hydroxylamine groups is 1. The number of ether oxygens (including phenoxy) is 1. The Labute approximate surface area is 250 Å². The van der Waals surface area contributed by atoms with Gasteiger partial charge in [0.25, 0.3) is 0 Å². The molecule has 2 atom stereocenters. The predicted molar refractivity (Wildman–Crippen MR) is 162 cm³/mol. The first-order chi connectivity index (χ1) is 20.5. The Balaban J connectivity index is 1.42. The number of carbonyl (C=O) groups is 1. The largest absolute Gasteiger partial charge is 0.427 e. The molecular weight excluding hydrogens is 552 g/mol. The van der Waals surface area contributed by atoms with E-state index >= 15 is 0 Å². The second kappa shape index (κ2) is 11.6. The number of rotatable bonds is 6. The summed E-state index contributed by atoms with van der Waals surface area (Å²) in [7, 11) is 0. The summed E-state index contributed by atoms with van der Waals surface area (Å²) in [6, 6.07) is 20.3. The van der Waals surface area contributed by atoms with E-state index in [4.69, 9.17) is 31.1 Å². The van der Waals surface area contributed by atoms with Crippen LogP contribution in [0.5, 0.6) is 0 Å². The zero-order valence-corrected chi connectivity index (χ0v) is 24.4. The highest BCUT2D eigenvalue weighted by atomic mass is 35.5. The quantitative estimate of drug-likeness (QED) is 0.270. The highest BCUT2D eigenvalue weighted by Gasteiger charge is 2.33. The van der Waals surface area contributed by atoms with Crippen LogP contribution in [-0.4, -0.2) is 40.4 Å². The number of nitrogens with one attached hydrogen (secondary N) is 2. The number of hydrogen-bond acceptors (Lipinski definition) is 7. The van der Waals surface area contributed by atoms with E-state index in [1.165, 1.54) is 31.2 Å². The van der Waals surface area contributed by atoms with E-state index in [2.05, 4.69) is 51.5 Å². The van der Waals surface area contributed by atoms with Gasteiger partial charge in [-0.3, -0.25) is 5.32 Å². The van der Waals surface area contributed by atoms with E-state index in [-0.39, 0.29) is 6.04 Å². The number of benzene rings is 2. The van der Waals surface area contributed by atoms with Crippen LogP contribution >= 0.6 is 11.6 Å². The van der Waals surface area contributed by atoms with Gasteiger partial charge in [0.2, 0.25) is 5.95 Å². The van der Waals surface area contributed by atoms with Crippen LogP contribution in [0.2, 0.25) is 5.02 Å². The number of carbonyl (C=O) groups excluding carboxylic acids is 1. The monoisotopic (exact) mass is 586 g/mol. The number of morpholine rings is 1. The fourth-order valence-corrected chi connectivity index (χ4v) is 6.72. The SMILES string of the molecule is CC1CCC(Cn2c(N3CCOC[C@H]3c3ccccc3)nc3cc(C4NOC(=O)N4)nc(-c4cccc(Cl)c4)c32)CC1. The van der Waals surface area contributed by atoms with Crippen LogP contribution in [0.3, 0.4) is 0 Å². The molecule has 2 aliphatic heterocycles. The van der Waals surface area contributed by atoms with Crippen LogP contribution in [-0.2, 0) is 16.1 Å². The summed E-state index contributed by atoms with van der Waals surface area (Å²) in [6.45, 7) is 5.16. The van der Waals surface area contributed by atoms with Crippen molar-refractivity contribution >= 4 is 34.7 Å². The summed E-state index contributed by atoms with van der Waals surface area (Å²) in [4.78, 5) is 29.7. The normalized spacial score (nSPS) is 24.5. The molecule has 1 aliphatic carbocycles. The summed E-state index contributed by atoms with van der Waals surface area (Å²) >= 11 is 6.49. The first-order valence-electron chi connectivity index (χ1n) is 14.8. The van der Waals surface area contributed by atoms with E-state index in [0.717, 1.165) is 47.2 Å². The van der Waals surface area contributed by atoms with Crippen LogP contribution in [0, 0.1) is 11.8 Å². The third-order valence-corrected chi connectivity index (χ3v) is 9.03. The Kier molecular flexibility index (Phi) is 7.48. The summed E-state index contributed by atoms with van der Waals surface area (Å²) < 4.78 is 8.39. The maximum absolute atomic E-state index is 11.9. The number of nitrogens with zero attached hydrogens (tertiary/aromatic N) is 4. The minimum Gasteiger partial charge on any atom is -0.377 e. The van der Waals surface area contributed by atoms with Gasteiger partial charge in [0.05, 0.1) is 41.7 Å². The van der Waals surface area contributed by atoms with Gasteiger partial charge in [-0.2, -0.15) is 0 Å². The lowest BCUT2D eigenvalue weighted by atomic mass is 9.83. The fraction of sp³-hybridized carbons (Fsp3) is 0.406. The van der Waals surface area contributed by atoms with Crippen molar-refractivity contribution < 1.29 is 14.4 Å². The molecule has 1 unspecified atom stereocenters. The second-order valence-electron chi connectivity index (χ2n) is 11.7. The maximum Gasteiger partial charge on any atom is 0.427 e. The molecule has 9 nitrogen and oxygen atoms in total. The molecule has 7 rings (SSSR count). The van der Waals surface area contributed by atoms with Crippen LogP contribution in [0.4, 0.5) is 10.7 Å². The molecule has 4 heterocycles. The van der Waals surface area contributed by atoms with Crippen molar-refractivity contribution in [3.05, 3.63) is 76.9 Å². The number of anilines is 1. The van der Waals surface area contributed by atoms with Gasteiger partial charge in [-0.15, -0.1) is 5.48 Å². The number of fused-ring (bicyclic) bond motifs is 1. The molecule has 0 radical (unpaired) electrons. The number of imidazole rings is 1. The Morgan fingerprint density at radius 2 is 1.86 bits per heavy atom. The molecule has 1 saturated carbocycles. The van der Waals surface area contributed by atoms with Gasteiger partial charge in [-0.05, 0) is 48.4 Å². The van der Waals surface area contributed by atoms with Crippen molar-refractivity contribution in [3.63, 3.8) is 0 Å². The van der Waals surface area contributed by atoms with E-state index in [1.807, 2.05) is 36.4 Å². The van der Waals surface area contributed by atoms with Crippen molar-refractivity contribution in [2.45, 2.75) is 51.4 Å². The van der Waals surface area contributed by atoms with Crippen LogP contribution in [0.25, 0.3) is 22.3 Å². The molecule has 3 aliphatic rings. The Morgan fingerprint density at radius 3 is 2.62 bits per heavy atom. The molecule has 10 heteroatoms. The van der Waals surface area contributed by atoms with Gasteiger partial charge in [-0.25, -0.2) is 14.8 Å². The Morgan fingerprint density at radius 1 is 1.02 bits per heavy atom. The highest BCUT2D eigenvalue weighted by Crippen LogP contribution is 2.39. The number of pyridine rings is 1. The van der Waals surface area contributed by atoms with E-state index in [0.29, 0.717) is 29.8 Å². The molecule has 2 saturated heterocycles. The minimum atomic E-state index is -0.589. The third-order valence-electron chi connectivity index (χ3n) is 8.80. The van der Waals surface area contributed by atoms with Crippen LogP contribution in [0.15, 0.2) is 60.7 Å². The predicted octanol–water partition coefficient (Wildman–Crippen LogP) is 6.40. The van der Waals surface area contributed by atoms with Crippen molar-refractivity contribution in [1.29, 1.82) is 0 Å². The lowest BCUT2D eigenvalue weighted by Gasteiger charge is -2.37. The lowest BCUT2D eigenvalue weighted by molar-refractivity contribution is 0.0927. The maximum atomic E-state index is 11.9. The van der Waals surface area contributed by atoms with E-state index < -0.39 is 12.3 Å². The van der Waals surface area contributed by atoms with Gasteiger partial charge in [0, 0.05) is 23.7 Å². The van der Waals surface area contributed by atoms with E-state index in [9.17, 15) is 4.79 Å². The molecule has 0 bridgehead atoms. The summed E-state index contributed by atoms with van der Waals surface area (Å²) in [6.07, 6.45) is 3.75. The first-order valence-corrected chi connectivity index (χ1v) is 15.2. The summed E-state index contributed by atoms with van der Waals surface area (Å²) in [5.74, 6) is 2.23. The summed E-state index contributed by atoms with van der Waals surface area (Å²) in [5.41, 5.74) is 8.03. The molecule has 2 aromatic carbocycles. The minimum absolute atomic E-state index is 0.0353. The number of aromatic nitrogens is 3. The summed E-state index contributed by atoms with van der Waals surface area (Å²) in [5, 5.41) is 3.42. The lowest BCUT2D eigenvalue weighted by Crippen LogP contribution is -2.41. The van der Waals surface area contributed by atoms with Gasteiger partial charge in [0.15, 0.2) is 6.17 Å². The standard InChI is InChI=1S/C32H35ClN6O3/c1-20-10-12-21(13-11-20)18-39-29-25(35-31(39)38-14-15-41-19-27(38)22-6-3-2-4-7-22)17-26(30-36-32(40)42-37-30)34-28(29)23-8-5-9-24(33)16-23/h2-9,16-17,20-21,27,30,37H,10-15,18-19H2,1H3,(H,36,40)/t20?,21?,27-,30?/m0/s1.